The lowest BCUT2D eigenvalue weighted by Crippen LogP contribution is -2.52. The number of hydrogen-bond acceptors (Lipinski definition) is 6. The Bertz CT molecular complexity index is 1370. The first-order chi connectivity index (χ1) is 18.0. The van der Waals surface area contributed by atoms with Crippen LogP contribution in [-0.4, -0.2) is 59.5 Å². The molecule has 3 aliphatic rings. The molecular formula is C27H26F2N4O5. The van der Waals surface area contributed by atoms with Crippen molar-refractivity contribution in [3.8, 4) is 17.6 Å². The van der Waals surface area contributed by atoms with E-state index in [2.05, 4.69) is 20.9 Å². The maximum absolute atomic E-state index is 14.0. The minimum Gasteiger partial charge on any atom is -0.395 e. The summed E-state index contributed by atoms with van der Waals surface area (Å²) in [7, 11) is 1.46. The Labute approximate surface area is 217 Å². The maximum Gasteiger partial charge on any atom is 0.586 e. The second-order valence-corrected chi connectivity index (χ2v) is 10.3. The molecule has 2 aromatic carbocycles. The second-order valence-electron chi connectivity index (χ2n) is 10.3. The normalized spacial score (nSPS) is 23.2. The number of nitriles is 1. The number of fused-ring (bicyclic) bond motifs is 3. The van der Waals surface area contributed by atoms with E-state index in [0.29, 0.717) is 5.69 Å². The van der Waals surface area contributed by atoms with Crippen molar-refractivity contribution in [1.29, 1.82) is 5.26 Å². The summed E-state index contributed by atoms with van der Waals surface area (Å²) < 4.78 is 35.8. The van der Waals surface area contributed by atoms with Gasteiger partial charge < -0.3 is 24.6 Å². The van der Waals surface area contributed by atoms with Crippen LogP contribution in [-0.2, 0) is 15.0 Å². The molecule has 198 valence electrons. The number of carbonyl (C=O) groups is 3. The van der Waals surface area contributed by atoms with Gasteiger partial charge in [0.1, 0.15) is 12.1 Å². The zero-order valence-corrected chi connectivity index (χ0v) is 21.0. The molecule has 0 saturated carbocycles. The molecule has 0 unspecified atom stereocenters. The number of rotatable bonds is 5. The molecule has 11 heteroatoms. The number of amides is 3. The lowest BCUT2D eigenvalue weighted by atomic mass is 9.80. The molecule has 5 rings (SSSR count). The monoisotopic (exact) mass is 524 g/mol. The Morgan fingerprint density at radius 2 is 1.92 bits per heavy atom. The van der Waals surface area contributed by atoms with Gasteiger partial charge >= 0.3 is 6.29 Å². The Hall–Kier alpha value is -4.20. The highest BCUT2D eigenvalue weighted by molar-refractivity contribution is 6.07. The van der Waals surface area contributed by atoms with Crippen molar-refractivity contribution < 1.29 is 32.6 Å². The number of carbonyl (C=O) groups excluding carboxylic acids is 3. The van der Waals surface area contributed by atoms with E-state index in [1.54, 1.807) is 12.1 Å². The molecule has 3 heterocycles. The Morgan fingerprint density at radius 1 is 1.21 bits per heavy atom. The van der Waals surface area contributed by atoms with Crippen molar-refractivity contribution in [3.63, 3.8) is 0 Å². The number of anilines is 1. The highest BCUT2D eigenvalue weighted by Crippen LogP contribution is 2.46. The first kappa shape index (κ1) is 25.4. The fourth-order valence-corrected chi connectivity index (χ4v) is 5.48. The molecule has 0 bridgehead atoms. The zero-order chi connectivity index (χ0) is 27.4. The molecule has 0 radical (unpaired) electrons. The van der Waals surface area contributed by atoms with E-state index in [0.717, 1.165) is 11.6 Å². The molecule has 0 aliphatic carbocycles. The Kier molecular flexibility index (Phi) is 6.01. The van der Waals surface area contributed by atoms with Gasteiger partial charge in [0.05, 0.1) is 11.5 Å². The van der Waals surface area contributed by atoms with E-state index in [-0.39, 0.29) is 48.3 Å². The van der Waals surface area contributed by atoms with Crippen LogP contribution in [0.1, 0.15) is 42.6 Å². The molecule has 0 aromatic heterocycles. The first-order valence-electron chi connectivity index (χ1n) is 12.2. The van der Waals surface area contributed by atoms with Crippen LogP contribution in [0.25, 0.3) is 0 Å². The fourth-order valence-electron chi connectivity index (χ4n) is 5.48. The molecule has 38 heavy (non-hydrogen) atoms. The molecule has 1 spiro atoms. The minimum absolute atomic E-state index is 0.00208. The smallest absolute Gasteiger partial charge is 0.395 e. The lowest BCUT2D eigenvalue weighted by Gasteiger charge is -2.33. The van der Waals surface area contributed by atoms with Crippen LogP contribution in [0.3, 0.4) is 0 Å². The number of likely N-dealkylation sites (N-methyl/N-ethyl adjacent to an activating group) is 1. The van der Waals surface area contributed by atoms with Crippen LogP contribution in [0.4, 0.5) is 14.5 Å². The Morgan fingerprint density at radius 3 is 2.63 bits per heavy atom. The molecular weight excluding hydrogens is 498 g/mol. The van der Waals surface area contributed by atoms with E-state index in [4.69, 9.17) is 0 Å². The molecule has 1 N–H and O–H groups in total. The van der Waals surface area contributed by atoms with Crippen molar-refractivity contribution >= 4 is 23.4 Å². The molecule has 3 amide bonds. The van der Waals surface area contributed by atoms with Crippen molar-refractivity contribution in [1.82, 2.24) is 9.80 Å². The van der Waals surface area contributed by atoms with Gasteiger partial charge in [-0.15, -0.1) is 8.78 Å². The summed E-state index contributed by atoms with van der Waals surface area (Å²) in [5, 5.41) is 12.8. The largest absolute Gasteiger partial charge is 0.586 e. The molecule has 9 nitrogen and oxygen atoms in total. The van der Waals surface area contributed by atoms with Crippen LogP contribution in [0.5, 0.6) is 11.5 Å². The number of ether oxygens (including phenoxy) is 2. The predicted molar refractivity (Wildman–Crippen MR) is 130 cm³/mol. The van der Waals surface area contributed by atoms with Gasteiger partial charge in [0.15, 0.2) is 11.5 Å². The SMILES string of the molecule is CC(C)C[C@@H](C(=O)N1C[C@]2(C[C@H]1C#N)C(=O)Nc1ccccc12)N(C)C(=O)c1ccc2c(c1)OC(F)(F)O2. The third-order valence-corrected chi connectivity index (χ3v) is 7.33. The molecule has 3 aliphatic heterocycles. The van der Waals surface area contributed by atoms with Crippen LogP contribution < -0.4 is 14.8 Å². The van der Waals surface area contributed by atoms with Crippen LogP contribution >= 0.6 is 0 Å². The van der Waals surface area contributed by atoms with Gasteiger partial charge in [-0.2, -0.15) is 5.26 Å². The third kappa shape index (κ3) is 4.10. The number of alkyl halides is 2. The summed E-state index contributed by atoms with van der Waals surface area (Å²) in [6.07, 6.45) is -3.40. The standard InChI is InChI=1S/C27H26F2N4O5/c1-15(2)10-20(32(3)23(34)16-8-9-21-22(11-16)38-27(28,29)37-21)24(35)33-14-26(12-17(33)13-30)18-6-4-5-7-19(18)31-25(26)36/h4-9,11,15,17,20H,10,12,14H2,1-3H3,(H,31,36)/t17-,20-,26-/m0/s1. The number of para-hydroxylation sites is 1. The van der Waals surface area contributed by atoms with Crippen LogP contribution in [0.2, 0.25) is 0 Å². The molecule has 3 atom stereocenters. The number of nitrogens with one attached hydrogen (secondary N) is 1. The zero-order valence-electron chi connectivity index (χ0n) is 21.0. The summed E-state index contributed by atoms with van der Waals surface area (Å²) in [6.45, 7) is 3.80. The van der Waals surface area contributed by atoms with Gasteiger partial charge in [0, 0.05) is 31.3 Å². The van der Waals surface area contributed by atoms with E-state index < -0.39 is 35.6 Å². The van der Waals surface area contributed by atoms with Crippen molar-refractivity contribution in [3.05, 3.63) is 53.6 Å². The first-order valence-corrected chi connectivity index (χ1v) is 12.2. The van der Waals surface area contributed by atoms with Crippen LogP contribution in [0.15, 0.2) is 42.5 Å². The van der Waals surface area contributed by atoms with E-state index in [1.165, 1.54) is 29.0 Å². The summed E-state index contributed by atoms with van der Waals surface area (Å²) in [5.74, 6) is -1.78. The summed E-state index contributed by atoms with van der Waals surface area (Å²) in [5.41, 5.74) is 0.374. The molecule has 2 aromatic rings. The van der Waals surface area contributed by atoms with E-state index >= 15 is 0 Å². The third-order valence-electron chi connectivity index (χ3n) is 7.33. The second kappa shape index (κ2) is 8.97. The summed E-state index contributed by atoms with van der Waals surface area (Å²) >= 11 is 0. The van der Waals surface area contributed by atoms with E-state index in [9.17, 15) is 28.4 Å². The average molecular weight is 525 g/mol. The highest BCUT2D eigenvalue weighted by Gasteiger charge is 2.56. The number of hydrogen-bond donors (Lipinski definition) is 1. The molecule has 1 fully saturated rings. The van der Waals surface area contributed by atoms with Crippen LogP contribution in [0, 0.1) is 17.2 Å². The topological polar surface area (TPSA) is 112 Å². The van der Waals surface area contributed by atoms with Gasteiger partial charge in [0.25, 0.3) is 5.91 Å². The maximum atomic E-state index is 14.0. The quantitative estimate of drug-likeness (QED) is 0.641. The van der Waals surface area contributed by atoms with Gasteiger partial charge in [-0.05, 0) is 42.2 Å². The fraction of sp³-hybridized carbons (Fsp3) is 0.407. The van der Waals surface area contributed by atoms with Gasteiger partial charge in [-0.1, -0.05) is 32.0 Å². The lowest BCUT2D eigenvalue weighted by molar-refractivity contribution is -0.286. The number of halogens is 2. The molecule has 1 saturated heterocycles. The van der Waals surface area contributed by atoms with E-state index in [1.807, 2.05) is 26.0 Å². The number of likely N-dealkylation sites (tertiary alicyclic amines) is 1. The van der Waals surface area contributed by atoms with Gasteiger partial charge in [-0.3, -0.25) is 14.4 Å². The predicted octanol–water partition coefficient (Wildman–Crippen LogP) is 3.51. The summed E-state index contributed by atoms with van der Waals surface area (Å²) in [6, 6.07) is 11.2. The van der Waals surface area contributed by atoms with Gasteiger partial charge in [0.2, 0.25) is 11.8 Å². The number of benzene rings is 2. The van der Waals surface area contributed by atoms with Crippen molar-refractivity contribution in [2.24, 2.45) is 5.92 Å². The highest BCUT2D eigenvalue weighted by atomic mass is 19.3. The van der Waals surface area contributed by atoms with Crippen molar-refractivity contribution in [2.45, 2.75) is 50.5 Å². The van der Waals surface area contributed by atoms with Gasteiger partial charge in [-0.25, -0.2) is 0 Å². The Balaban J connectivity index is 1.43. The number of nitrogens with zero attached hydrogens (tertiary/aromatic N) is 3. The minimum atomic E-state index is -3.82. The average Bonchev–Trinajstić information content (AvgIpc) is 3.51. The van der Waals surface area contributed by atoms with Crippen molar-refractivity contribution in [2.75, 3.05) is 18.9 Å². The summed E-state index contributed by atoms with van der Waals surface area (Å²) in [4.78, 5) is 43.1.